The van der Waals surface area contributed by atoms with Crippen LogP contribution in [0.2, 0.25) is 5.02 Å². The third-order valence-corrected chi connectivity index (χ3v) is 4.08. The highest BCUT2D eigenvalue weighted by molar-refractivity contribution is 6.30. The monoisotopic (exact) mass is 404 g/mol. The molecule has 3 nitrogen and oxygen atoms in total. The number of carbonyl (C=O) groups excluding carboxylic acids is 2. The zero-order valence-electron chi connectivity index (χ0n) is 14.2. The van der Waals surface area contributed by atoms with Gasteiger partial charge in [-0.3, -0.25) is 9.59 Å². The molecule has 0 radical (unpaired) electrons. The van der Waals surface area contributed by atoms with Gasteiger partial charge in [0.15, 0.2) is 5.78 Å². The summed E-state index contributed by atoms with van der Waals surface area (Å²) in [5.74, 6) is -2.96. The minimum atomic E-state index is -5.19. The molecule has 3 rings (SSSR count). The zero-order valence-corrected chi connectivity index (χ0v) is 14.9. The molecule has 0 aliphatic rings. The third kappa shape index (κ3) is 4.40. The van der Waals surface area contributed by atoms with Crippen molar-refractivity contribution in [3.05, 3.63) is 88.6 Å². The van der Waals surface area contributed by atoms with Crippen molar-refractivity contribution in [2.24, 2.45) is 0 Å². The van der Waals surface area contributed by atoms with Gasteiger partial charge in [0.05, 0.1) is 5.57 Å². The van der Waals surface area contributed by atoms with Crippen molar-refractivity contribution in [1.82, 2.24) is 0 Å². The minimum Gasteiger partial charge on any atom is -0.457 e. The van der Waals surface area contributed by atoms with Crippen LogP contribution in [0.4, 0.5) is 13.2 Å². The summed E-state index contributed by atoms with van der Waals surface area (Å²) in [4.78, 5) is 24.3. The second-order valence-corrected chi connectivity index (χ2v) is 6.23. The molecule has 0 atom stereocenters. The maximum atomic E-state index is 13.0. The number of halogens is 4. The number of rotatable bonds is 5. The lowest BCUT2D eigenvalue weighted by Crippen LogP contribution is -2.28. The molecule has 0 fully saturated rings. The zero-order chi connectivity index (χ0) is 20.3. The van der Waals surface area contributed by atoms with Gasteiger partial charge >= 0.3 is 6.18 Å². The van der Waals surface area contributed by atoms with Crippen molar-refractivity contribution in [3.63, 3.8) is 0 Å². The number of alkyl halides is 3. The van der Waals surface area contributed by atoms with Gasteiger partial charge < -0.3 is 4.42 Å². The molecule has 1 heterocycles. The molecule has 2 aromatic carbocycles. The Kier molecular flexibility index (Phi) is 5.51. The normalized spacial score (nSPS) is 12.1. The van der Waals surface area contributed by atoms with Crippen LogP contribution in [-0.2, 0) is 4.79 Å². The van der Waals surface area contributed by atoms with E-state index in [0.29, 0.717) is 16.3 Å². The van der Waals surface area contributed by atoms with E-state index in [4.69, 9.17) is 16.0 Å². The lowest BCUT2D eigenvalue weighted by atomic mass is 9.99. The van der Waals surface area contributed by atoms with E-state index in [-0.39, 0.29) is 11.3 Å². The quantitative estimate of drug-likeness (QED) is 0.227. The lowest BCUT2D eigenvalue weighted by Gasteiger charge is -2.08. The fraction of sp³-hybridized carbons (Fsp3) is 0.0476. The van der Waals surface area contributed by atoms with Crippen LogP contribution in [0.25, 0.3) is 17.4 Å². The molecule has 7 heteroatoms. The van der Waals surface area contributed by atoms with E-state index in [2.05, 4.69) is 0 Å². The van der Waals surface area contributed by atoms with Crippen molar-refractivity contribution in [3.8, 4) is 11.3 Å². The van der Waals surface area contributed by atoms with Crippen LogP contribution in [0.15, 0.2) is 76.7 Å². The molecule has 0 aliphatic carbocycles. The number of carbonyl (C=O) groups is 2. The highest BCUT2D eigenvalue weighted by atomic mass is 35.5. The maximum absolute atomic E-state index is 13.0. The molecule has 0 spiro atoms. The molecule has 142 valence electrons. The van der Waals surface area contributed by atoms with Crippen molar-refractivity contribution >= 4 is 29.2 Å². The Morgan fingerprint density at radius 3 is 2.14 bits per heavy atom. The van der Waals surface area contributed by atoms with Crippen LogP contribution in [0.3, 0.4) is 0 Å². The van der Waals surface area contributed by atoms with E-state index in [9.17, 15) is 22.8 Å². The predicted molar refractivity (Wildman–Crippen MR) is 99.0 cm³/mol. The second kappa shape index (κ2) is 7.86. The van der Waals surface area contributed by atoms with Gasteiger partial charge in [0.25, 0.3) is 5.78 Å². The molecule has 0 saturated heterocycles. The molecule has 0 saturated carbocycles. The Morgan fingerprint density at radius 1 is 0.893 bits per heavy atom. The summed E-state index contributed by atoms with van der Waals surface area (Å²) in [6.07, 6.45) is -4.38. The van der Waals surface area contributed by atoms with Gasteiger partial charge in [-0.15, -0.1) is 0 Å². The minimum absolute atomic E-state index is 0.0316. The Balaban J connectivity index is 2.01. The topological polar surface area (TPSA) is 47.3 Å². The number of Topliss-reactive ketones (excluding diaryl/α,β-unsaturated/α-hetero) is 2. The van der Waals surface area contributed by atoms with Gasteiger partial charge in [0.2, 0.25) is 0 Å². The lowest BCUT2D eigenvalue weighted by molar-refractivity contribution is -0.166. The van der Waals surface area contributed by atoms with Gasteiger partial charge in [-0.2, -0.15) is 13.2 Å². The standard InChI is InChI=1S/C21H12ClF3O3/c22-15-8-6-13(7-9-15)18-11-10-16(28-18)12-17(20(27)21(23,24)25)19(26)14-4-2-1-3-5-14/h1-12H. The van der Waals surface area contributed by atoms with Crippen molar-refractivity contribution < 1.29 is 27.2 Å². The molecular formula is C21H12ClF3O3. The molecule has 0 aliphatic heterocycles. The van der Waals surface area contributed by atoms with Crippen LogP contribution < -0.4 is 0 Å². The van der Waals surface area contributed by atoms with E-state index < -0.39 is 23.3 Å². The fourth-order valence-electron chi connectivity index (χ4n) is 2.47. The molecule has 0 N–H and O–H groups in total. The summed E-state index contributed by atoms with van der Waals surface area (Å²) in [5.41, 5.74) is -0.409. The summed E-state index contributed by atoms with van der Waals surface area (Å²) in [7, 11) is 0. The summed E-state index contributed by atoms with van der Waals surface area (Å²) in [6, 6.07) is 16.8. The average molecular weight is 405 g/mol. The molecule has 1 aromatic heterocycles. The van der Waals surface area contributed by atoms with E-state index in [0.717, 1.165) is 6.08 Å². The van der Waals surface area contributed by atoms with Gasteiger partial charge in [0.1, 0.15) is 11.5 Å². The SMILES string of the molecule is O=C(C(=Cc1ccc(-c2ccc(Cl)cc2)o1)C(=O)C(F)(F)F)c1ccccc1. The molecule has 28 heavy (non-hydrogen) atoms. The molecule has 0 bridgehead atoms. The van der Waals surface area contributed by atoms with Gasteiger partial charge in [-0.25, -0.2) is 0 Å². The first kappa shape index (κ1) is 19.6. The highest BCUT2D eigenvalue weighted by Crippen LogP contribution is 2.28. The van der Waals surface area contributed by atoms with E-state index >= 15 is 0 Å². The summed E-state index contributed by atoms with van der Waals surface area (Å²) >= 11 is 5.82. The molecular weight excluding hydrogens is 393 g/mol. The Morgan fingerprint density at radius 2 is 1.54 bits per heavy atom. The summed E-state index contributed by atoms with van der Waals surface area (Å²) < 4.78 is 44.5. The van der Waals surface area contributed by atoms with Gasteiger partial charge in [0, 0.05) is 16.1 Å². The number of benzene rings is 2. The highest BCUT2D eigenvalue weighted by Gasteiger charge is 2.43. The fourth-order valence-corrected chi connectivity index (χ4v) is 2.60. The van der Waals surface area contributed by atoms with Crippen LogP contribution >= 0.6 is 11.6 Å². The van der Waals surface area contributed by atoms with Crippen molar-refractivity contribution in [1.29, 1.82) is 0 Å². The van der Waals surface area contributed by atoms with Crippen molar-refractivity contribution in [2.45, 2.75) is 6.18 Å². The molecule has 0 unspecified atom stereocenters. The van der Waals surface area contributed by atoms with E-state index in [1.54, 1.807) is 30.3 Å². The number of furan rings is 1. The van der Waals surface area contributed by atoms with Gasteiger partial charge in [-0.05, 0) is 42.5 Å². The molecule has 3 aromatic rings. The molecule has 0 amide bonds. The summed E-state index contributed by atoms with van der Waals surface area (Å²) in [5, 5.41) is 0.516. The predicted octanol–water partition coefficient (Wildman–Crippen LogP) is 6.00. The summed E-state index contributed by atoms with van der Waals surface area (Å²) in [6.45, 7) is 0. The number of hydrogen-bond acceptors (Lipinski definition) is 3. The Hall–Kier alpha value is -3.12. The van der Waals surface area contributed by atoms with E-state index in [1.165, 1.54) is 36.4 Å². The van der Waals surface area contributed by atoms with Crippen molar-refractivity contribution in [2.75, 3.05) is 0 Å². The Labute approximate surface area is 163 Å². The first-order chi connectivity index (χ1) is 13.3. The number of allylic oxidation sites excluding steroid dienone is 1. The first-order valence-electron chi connectivity index (χ1n) is 8.04. The second-order valence-electron chi connectivity index (χ2n) is 5.79. The van der Waals surface area contributed by atoms with Crippen LogP contribution in [0, 0.1) is 0 Å². The number of ketones is 2. The largest absolute Gasteiger partial charge is 0.457 e. The average Bonchev–Trinajstić information content (AvgIpc) is 3.14. The third-order valence-electron chi connectivity index (χ3n) is 3.82. The maximum Gasteiger partial charge on any atom is 0.455 e. The smallest absolute Gasteiger partial charge is 0.455 e. The first-order valence-corrected chi connectivity index (χ1v) is 8.42. The Bertz CT molecular complexity index is 1030. The van der Waals surface area contributed by atoms with Crippen LogP contribution in [0.5, 0.6) is 0 Å². The number of hydrogen-bond donors (Lipinski definition) is 0. The van der Waals surface area contributed by atoms with Crippen LogP contribution in [-0.4, -0.2) is 17.7 Å². The van der Waals surface area contributed by atoms with Crippen LogP contribution in [0.1, 0.15) is 16.1 Å². The van der Waals surface area contributed by atoms with Gasteiger partial charge in [-0.1, -0.05) is 41.9 Å². The van der Waals surface area contributed by atoms with E-state index in [1.807, 2.05) is 0 Å².